The number of ether oxygens (including phenoxy) is 1. The lowest BCUT2D eigenvalue weighted by atomic mass is 10.1. The maximum Gasteiger partial charge on any atom is 0.0587 e. The quantitative estimate of drug-likeness (QED) is 0.756. The van der Waals surface area contributed by atoms with Crippen LogP contribution in [0.4, 0.5) is 5.69 Å². The van der Waals surface area contributed by atoms with E-state index in [1.165, 1.54) is 29.2 Å². The summed E-state index contributed by atoms with van der Waals surface area (Å²) in [6.45, 7) is 2.52. The summed E-state index contributed by atoms with van der Waals surface area (Å²) in [4.78, 5) is 2.44. The van der Waals surface area contributed by atoms with Crippen molar-refractivity contribution in [3.05, 3.63) is 28.2 Å². The van der Waals surface area contributed by atoms with Gasteiger partial charge in [-0.15, -0.1) is 0 Å². The van der Waals surface area contributed by atoms with Gasteiger partial charge in [0.1, 0.15) is 0 Å². The Kier molecular flexibility index (Phi) is 6.68. The van der Waals surface area contributed by atoms with Gasteiger partial charge in [0.15, 0.2) is 0 Å². The van der Waals surface area contributed by atoms with Crippen molar-refractivity contribution >= 4 is 33.4 Å². The van der Waals surface area contributed by atoms with Gasteiger partial charge in [-0.05, 0) is 29.9 Å². The van der Waals surface area contributed by atoms with Gasteiger partial charge in [0.05, 0.1) is 6.61 Å². The maximum atomic E-state index is 5.07. The van der Waals surface area contributed by atoms with Crippen LogP contribution in [0.25, 0.3) is 0 Å². The Labute approximate surface area is 134 Å². The molecule has 2 rings (SSSR count). The van der Waals surface area contributed by atoms with Crippen molar-refractivity contribution in [1.29, 1.82) is 0 Å². The number of halogens is 1. The molecule has 1 fully saturated rings. The Morgan fingerprint density at radius 3 is 3.05 bits per heavy atom. The summed E-state index contributed by atoms with van der Waals surface area (Å²) in [5, 5.41) is 3.44. The number of hydrogen-bond donors (Lipinski definition) is 1. The molecule has 1 aromatic rings. The second-order valence-corrected chi connectivity index (χ2v) is 7.14. The molecule has 1 atom stereocenters. The molecule has 0 saturated carbocycles. The lowest BCUT2D eigenvalue weighted by molar-refractivity contribution is 0.199. The molecule has 0 aromatic heterocycles. The molecule has 1 heterocycles. The van der Waals surface area contributed by atoms with E-state index in [1.54, 1.807) is 7.11 Å². The van der Waals surface area contributed by atoms with Gasteiger partial charge in [-0.1, -0.05) is 22.0 Å². The topological polar surface area (TPSA) is 24.5 Å². The molecule has 1 aromatic carbocycles. The number of anilines is 1. The molecule has 0 aliphatic carbocycles. The van der Waals surface area contributed by atoms with Gasteiger partial charge in [-0.25, -0.2) is 0 Å². The van der Waals surface area contributed by atoms with Crippen LogP contribution in [-0.4, -0.2) is 44.9 Å². The standard InChI is InChI=1S/C15H23BrN2OS/c1-18(14-5-8-20-11-14)15-9-13(16)4-3-12(15)10-17-6-7-19-2/h3-4,9,14,17H,5-8,10-11H2,1-2H3. The summed E-state index contributed by atoms with van der Waals surface area (Å²) in [5.41, 5.74) is 2.68. The van der Waals surface area contributed by atoms with Gasteiger partial charge < -0.3 is 15.0 Å². The molecule has 1 aliphatic heterocycles. The Hall–Kier alpha value is -0.230. The minimum atomic E-state index is 0.659. The Morgan fingerprint density at radius 2 is 2.35 bits per heavy atom. The maximum absolute atomic E-state index is 5.07. The highest BCUT2D eigenvalue weighted by atomic mass is 79.9. The van der Waals surface area contributed by atoms with Crippen LogP contribution in [0.15, 0.2) is 22.7 Å². The van der Waals surface area contributed by atoms with Crippen LogP contribution in [0.2, 0.25) is 0 Å². The number of benzene rings is 1. The third-order valence-electron chi connectivity index (χ3n) is 3.68. The first-order valence-electron chi connectivity index (χ1n) is 7.01. The van der Waals surface area contributed by atoms with Crippen LogP contribution < -0.4 is 10.2 Å². The van der Waals surface area contributed by atoms with E-state index < -0.39 is 0 Å². The molecule has 1 saturated heterocycles. The molecule has 1 aliphatic rings. The lowest BCUT2D eigenvalue weighted by Crippen LogP contribution is -2.32. The second kappa shape index (κ2) is 8.27. The molecule has 0 radical (unpaired) electrons. The average molecular weight is 359 g/mol. The Morgan fingerprint density at radius 1 is 1.50 bits per heavy atom. The minimum absolute atomic E-state index is 0.659. The third-order valence-corrected chi connectivity index (χ3v) is 5.32. The molecule has 112 valence electrons. The van der Waals surface area contributed by atoms with E-state index in [9.17, 15) is 0 Å². The molecular formula is C15H23BrN2OS. The molecule has 0 amide bonds. The predicted molar refractivity (Wildman–Crippen MR) is 91.9 cm³/mol. The number of thioether (sulfide) groups is 1. The largest absolute Gasteiger partial charge is 0.383 e. The monoisotopic (exact) mass is 358 g/mol. The highest BCUT2D eigenvalue weighted by molar-refractivity contribution is 9.10. The van der Waals surface area contributed by atoms with E-state index in [-0.39, 0.29) is 0 Å². The van der Waals surface area contributed by atoms with E-state index in [0.717, 1.165) is 24.2 Å². The first-order valence-corrected chi connectivity index (χ1v) is 8.96. The summed E-state index contributed by atoms with van der Waals surface area (Å²) < 4.78 is 6.22. The molecular weight excluding hydrogens is 336 g/mol. The highest BCUT2D eigenvalue weighted by Crippen LogP contribution is 2.30. The van der Waals surface area contributed by atoms with Gasteiger partial charge in [0.25, 0.3) is 0 Å². The zero-order valence-corrected chi connectivity index (χ0v) is 14.6. The highest BCUT2D eigenvalue weighted by Gasteiger charge is 2.22. The van der Waals surface area contributed by atoms with Crippen molar-refractivity contribution in [2.45, 2.75) is 19.0 Å². The van der Waals surface area contributed by atoms with Gasteiger partial charge in [-0.2, -0.15) is 11.8 Å². The average Bonchev–Trinajstić information content (AvgIpc) is 2.98. The zero-order chi connectivity index (χ0) is 14.4. The van der Waals surface area contributed by atoms with E-state index in [1.807, 2.05) is 0 Å². The number of methoxy groups -OCH3 is 1. The van der Waals surface area contributed by atoms with Crippen molar-refractivity contribution < 1.29 is 4.74 Å². The minimum Gasteiger partial charge on any atom is -0.383 e. The van der Waals surface area contributed by atoms with Crippen molar-refractivity contribution in [3.8, 4) is 0 Å². The number of hydrogen-bond acceptors (Lipinski definition) is 4. The van der Waals surface area contributed by atoms with Gasteiger partial charge >= 0.3 is 0 Å². The van der Waals surface area contributed by atoms with E-state index in [4.69, 9.17) is 4.74 Å². The fraction of sp³-hybridized carbons (Fsp3) is 0.600. The first-order chi connectivity index (χ1) is 9.72. The van der Waals surface area contributed by atoms with E-state index in [0.29, 0.717) is 6.04 Å². The van der Waals surface area contributed by atoms with Crippen molar-refractivity contribution in [2.24, 2.45) is 0 Å². The van der Waals surface area contributed by atoms with Crippen molar-refractivity contribution in [2.75, 3.05) is 43.7 Å². The third kappa shape index (κ3) is 4.38. The smallest absolute Gasteiger partial charge is 0.0587 e. The van der Waals surface area contributed by atoms with Gasteiger partial charge in [0, 0.05) is 49.2 Å². The lowest BCUT2D eigenvalue weighted by Gasteiger charge is -2.28. The fourth-order valence-corrected chi connectivity index (χ4v) is 4.05. The van der Waals surface area contributed by atoms with Gasteiger partial charge in [0.2, 0.25) is 0 Å². The van der Waals surface area contributed by atoms with Crippen LogP contribution in [0.5, 0.6) is 0 Å². The molecule has 20 heavy (non-hydrogen) atoms. The molecule has 0 spiro atoms. The SMILES string of the molecule is COCCNCc1ccc(Br)cc1N(C)C1CCSC1. The summed E-state index contributed by atoms with van der Waals surface area (Å²) in [6, 6.07) is 7.22. The van der Waals surface area contributed by atoms with E-state index in [2.05, 4.69) is 63.2 Å². The van der Waals surface area contributed by atoms with Crippen molar-refractivity contribution in [1.82, 2.24) is 5.32 Å². The van der Waals surface area contributed by atoms with Gasteiger partial charge in [-0.3, -0.25) is 0 Å². The molecule has 3 nitrogen and oxygen atoms in total. The molecule has 1 unspecified atom stereocenters. The predicted octanol–water partition coefficient (Wildman–Crippen LogP) is 3.13. The summed E-state index contributed by atoms with van der Waals surface area (Å²) >= 11 is 5.65. The van der Waals surface area contributed by atoms with Crippen molar-refractivity contribution in [3.63, 3.8) is 0 Å². The van der Waals surface area contributed by atoms with E-state index >= 15 is 0 Å². The van der Waals surface area contributed by atoms with Crippen LogP contribution in [0.3, 0.4) is 0 Å². The number of nitrogens with one attached hydrogen (secondary N) is 1. The van der Waals surface area contributed by atoms with Crippen LogP contribution >= 0.6 is 27.7 Å². The number of rotatable bonds is 7. The zero-order valence-electron chi connectivity index (χ0n) is 12.2. The fourth-order valence-electron chi connectivity index (χ4n) is 2.44. The normalized spacial score (nSPS) is 18.4. The second-order valence-electron chi connectivity index (χ2n) is 5.07. The van der Waals surface area contributed by atoms with Crippen LogP contribution in [-0.2, 0) is 11.3 Å². The number of nitrogens with zero attached hydrogens (tertiary/aromatic N) is 1. The molecule has 5 heteroatoms. The Bertz CT molecular complexity index is 424. The summed E-state index contributed by atoms with van der Waals surface area (Å²) in [5.74, 6) is 2.52. The summed E-state index contributed by atoms with van der Waals surface area (Å²) in [6.07, 6.45) is 1.28. The summed E-state index contributed by atoms with van der Waals surface area (Å²) in [7, 11) is 3.95. The Balaban J connectivity index is 2.06. The first kappa shape index (κ1) is 16.1. The molecule has 0 bridgehead atoms. The van der Waals surface area contributed by atoms with Crippen LogP contribution in [0, 0.1) is 0 Å². The molecule has 1 N–H and O–H groups in total. The van der Waals surface area contributed by atoms with Crippen LogP contribution in [0.1, 0.15) is 12.0 Å².